The van der Waals surface area contributed by atoms with E-state index >= 15 is 0 Å². The van der Waals surface area contributed by atoms with Crippen molar-refractivity contribution in [1.29, 1.82) is 0 Å². The van der Waals surface area contributed by atoms with Gasteiger partial charge in [0.2, 0.25) is 11.8 Å². The summed E-state index contributed by atoms with van der Waals surface area (Å²) >= 11 is 0. The Hall–Kier alpha value is -1.89. The van der Waals surface area contributed by atoms with E-state index in [9.17, 15) is 9.59 Å². The van der Waals surface area contributed by atoms with Crippen molar-refractivity contribution < 1.29 is 9.59 Å². The topological polar surface area (TPSA) is 90.1 Å². The fourth-order valence-corrected chi connectivity index (χ4v) is 3.57. The van der Waals surface area contributed by atoms with Crippen molar-refractivity contribution in [3.05, 3.63) is 18.2 Å². The highest BCUT2D eigenvalue weighted by Crippen LogP contribution is 2.21. The van der Waals surface area contributed by atoms with Crippen LogP contribution < -0.4 is 10.6 Å². The lowest BCUT2D eigenvalue weighted by molar-refractivity contribution is -0.136. The van der Waals surface area contributed by atoms with Crippen LogP contribution in [0.3, 0.4) is 0 Å². The molecule has 2 aliphatic rings. The number of aromatic amines is 1. The number of likely N-dealkylation sites (tertiary alicyclic amines) is 1. The highest BCUT2D eigenvalue weighted by molar-refractivity contribution is 5.83. The summed E-state index contributed by atoms with van der Waals surface area (Å²) in [6.45, 7) is 3.74. The van der Waals surface area contributed by atoms with Crippen molar-refractivity contribution in [3.63, 3.8) is 0 Å². The molecule has 0 unspecified atom stereocenters. The molecule has 3 N–H and O–H groups in total. The van der Waals surface area contributed by atoms with Crippen LogP contribution in [0.2, 0.25) is 0 Å². The minimum Gasteiger partial charge on any atom is -0.356 e. The first-order chi connectivity index (χ1) is 11.7. The number of carbonyl (C=O) groups excluding carboxylic acids is 2. The van der Waals surface area contributed by atoms with Crippen LogP contribution in [-0.2, 0) is 16.0 Å². The van der Waals surface area contributed by atoms with Crippen LogP contribution in [0, 0.1) is 11.8 Å². The molecule has 3 heterocycles. The predicted molar refractivity (Wildman–Crippen MR) is 90.2 cm³/mol. The zero-order valence-corrected chi connectivity index (χ0v) is 14.1. The van der Waals surface area contributed by atoms with E-state index in [0.29, 0.717) is 26.1 Å². The Labute approximate surface area is 142 Å². The quantitative estimate of drug-likeness (QED) is 0.654. The Kier molecular flexibility index (Phi) is 5.85. The zero-order valence-electron chi connectivity index (χ0n) is 14.1. The van der Waals surface area contributed by atoms with Gasteiger partial charge in [0.25, 0.3) is 0 Å². The molecular weight excluding hydrogens is 306 g/mol. The minimum atomic E-state index is -0.112. The number of piperidine rings is 1. The van der Waals surface area contributed by atoms with Crippen molar-refractivity contribution >= 4 is 11.8 Å². The second-order valence-electron chi connectivity index (χ2n) is 6.75. The molecule has 0 spiro atoms. The van der Waals surface area contributed by atoms with E-state index in [1.807, 2.05) is 4.90 Å². The van der Waals surface area contributed by atoms with Gasteiger partial charge in [-0.15, -0.1) is 0 Å². The predicted octanol–water partition coefficient (Wildman–Crippen LogP) is 0.307. The van der Waals surface area contributed by atoms with Gasteiger partial charge >= 0.3 is 0 Å². The zero-order chi connectivity index (χ0) is 16.8. The lowest BCUT2D eigenvalue weighted by atomic mass is 9.89. The normalized spacial score (nSPS) is 24.1. The second-order valence-corrected chi connectivity index (χ2v) is 6.75. The maximum absolute atomic E-state index is 12.5. The van der Waals surface area contributed by atoms with Crippen molar-refractivity contribution in [2.45, 2.75) is 32.1 Å². The van der Waals surface area contributed by atoms with Gasteiger partial charge in [0, 0.05) is 51.5 Å². The van der Waals surface area contributed by atoms with Crippen molar-refractivity contribution in [3.8, 4) is 0 Å². The fourth-order valence-electron chi connectivity index (χ4n) is 3.57. The number of hydrogen-bond acceptors (Lipinski definition) is 4. The van der Waals surface area contributed by atoms with Crippen LogP contribution in [0.15, 0.2) is 12.4 Å². The Balaban J connectivity index is 1.40. The Morgan fingerprint density at radius 1 is 1.25 bits per heavy atom. The van der Waals surface area contributed by atoms with Gasteiger partial charge in [-0.25, -0.2) is 4.98 Å². The first kappa shape index (κ1) is 17.0. The van der Waals surface area contributed by atoms with Crippen LogP contribution in [0.25, 0.3) is 0 Å². The van der Waals surface area contributed by atoms with Crippen LogP contribution >= 0.6 is 0 Å². The van der Waals surface area contributed by atoms with Gasteiger partial charge < -0.3 is 20.5 Å². The molecule has 0 aliphatic carbocycles. The van der Waals surface area contributed by atoms with Gasteiger partial charge in [0.05, 0.1) is 11.8 Å². The average Bonchev–Trinajstić information content (AvgIpc) is 3.31. The van der Waals surface area contributed by atoms with E-state index < -0.39 is 0 Å². The van der Waals surface area contributed by atoms with Crippen LogP contribution in [-0.4, -0.2) is 59.4 Å². The number of rotatable bonds is 6. The van der Waals surface area contributed by atoms with Gasteiger partial charge in [0.1, 0.15) is 5.82 Å². The van der Waals surface area contributed by atoms with E-state index in [4.69, 9.17) is 0 Å². The molecule has 0 bridgehead atoms. The van der Waals surface area contributed by atoms with Crippen molar-refractivity contribution in [2.24, 2.45) is 11.8 Å². The fraction of sp³-hybridized carbons (Fsp3) is 0.706. The highest BCUT2D eigenvalue weighted by Gasteiger charge is 2.33. The number of carbonyl (C=O) groups is 2. The smallest absolute Gasteiger partial charge is 0.226 e. The third-order valence-corrected chi connectivity index (χ3v) is 4.93. The number of hydrogen-bond donors (Lipinski definition) is 3. The molecule has 0 aromatic carbocycles. The number of H-pyrrole nitrogens is 1. The first-order valence-electron chi connectivity index (χ1n) is 8.99. The standard InChI is InChI=1S/C17H27N5O2/c23-16(21-5-3-4-15-19-6-7-20-15)13-10-14(12-18-11-13)17(24)22-8-1-2-9-22/h6-7,13-14,18H,1-5,8-12H2,(H,19,20)(H,21,23)/t13-,14+/m1/s1. The van der Waals surface area contributed by atoms with Crippen LogP contribution in [0.5, 0.6) is 0 Å². The SMILES string of the molecule is O=C(NCCCc1ncc[nH]1)[C@H]1CNC[C@@H](C(=O)N2CCCC2)C1. The van der Waals surface area contributed by atoms with Crippen LogP contribution in [0.1, 0.15) is 31.5 Å². The Morgan fingerprint density at radius 2 is 2.04 bits per heavy atom. The molecule has 132 valence electrons. The van der Waals surface area contributed by atoms with Crippen LogP contribution in [0.4, 0.5) is 0 Å². The molecule has 2 amide bonds. The van der Waals surface area contributed by atoms with Gasteiger partial charge in [0.15, 0.2) is 0 Å². The summed E-state index contributed by atoms with van der Waals surface area (Å²) in [5.41, 5.74) is 0. The second kappa shape index (κ2) is 8.28. The van der Waals surface area contributed by atoms with E-state index in [2.05, 4.69) is 20.6 Å². The lowest BCUT2D eigenvalue weighted by Gasteiger charge is -2.31. The number of amides is 2. The molecule has 7 nitrogen and oxygen atoms in total. The maximum atomic E-state index is 12.5. The Bertz CT molecular complexity index is 539. The number of aromatic nitrogens is 2. The third kappa shape index (κ3) is 4.35. The molecule has 1 aromatic heterocycles. The molecule has 3 rings (SSSR count). The largest absolute Gasteiger partial charge is 0.356 e. The molecular formula is C17H27N5O2. The van der Waals surface area contributed by atoms with Gasteiger partial charge in [-0.2, -0.15) is 0 Å². The third-order valence-electron chi connectivity index (χ3n) is 4.93. The average molecular weight is 333 g/mol. The molecule has 2 atom stereocenters. The molecule has 0 radical (unpaired) electrons. The number of nitrogens with one attached hydrogen (secondary N) is 3. The molecule has 0 saturated carbocycles. The highest BCUT2D eigenvalue weighted by atomic mass is 16.2. The lowest BCUT2D eigenvalue weighted by Crippen LogP contribution is -2.49. The summed E-state index contributed by atoms with van der Waals surface area (Å²) in [6, 6.07) is 0. The molecule has 1 aromatic rings. The molecule has 2 aliphatic heterocycles. The Morgan fingerprint density at radius 3 is 2.79 bits per heavy atom. The van der Waals surface area contributed by atoms with Crippen molar-refractivity contribution in [2.75, 3.05) is 32.7 Å². The summed E-state index contributed by atoms with van der Waals surface area (Å²) in [4.78, 5) is 34.0. The van der Waals surface area contributed by atoms with E-state index in [-0.39, 0.29) is 23.7 Å². The van der Waals surface area contributed by atoms with E-state index in [1.165, 1.54) is 0 Å². The summed E-state index contributed by atoms with van der Waals surface area (Å²) in [6.07, 6.45) is 8.09. The van der Waals surface area contributed by atoms with E-state index in [1.54, 1.807) is 12.4 Å². The summed E-state index contributed by atoms with van der Waals surface area (Å²) in [5.74, 6) is 1.05. The van der Waals surface area contributed by atoms with Gasteiger partial charge in [-0.1, -0.05) is 0 Å². The summed E-state index contributed by atoms with van der Waals surface area (Å²) < 4.78 is 0. The minimum absolute atomic E-state index is 0.0564. The number of imidazole rings is 1. The molecule has 2 saturated heterocycles. The number of nitrogens with zero attached hydrogens (tertiary/aromatic N) is 2. The molecule has 2 fully saturated rings. The monoisotopic (exact) mass is 333 g/mol. The van der Waals surface area contributed by atoms with E-state index in [0.717, 1.165) is 44.6 Å². The first-order valence-corrected chi connectivity index (χ1v) is 8.99. The summed E-state index contributed by atoms with van der Waals surface area (Å²) in [7, 11) is 0. The van der Waals surface area contributed by atoms with Gasteiger partial charge in [-0.3, -0.25) is 9.59 Å². The molecule has 7 heteroatoms. The number of aryl methyl sites for hydroxylation is 1. The molecule has 24 heavy (non-hydrogen) atoms. The maximum Gasteiger partial charge on any atom is 0.226 e. The summed E-state index contributed by atoms with van der Waals surface area (Å²) in [5, 5.41) is 6.26. The van der Waals surface area contributed by atoms with Gasteiger partial charge in [-0.05, 0) is 25.7 Å². The van der Waals surface area contributed by atoms with Crippen molar-refractivity contribution in [1.82, 2.24) is 25.5 Å².